The first-order valence-electron chi connectivity index (χ1n) is 2.52. The van der Waals surface area contributed by atoms with E-state index in [-0.39, 0.29) is 0 Å². The van der Waals surface area contributed by atoms with Crippen LogP contribution in [0.15, 0.2) is 12.2 Å². The zero-order valence-electron chi connectivity index (χ0n) is 4.97. The molecule has 1 aliphatic rings. The lowest BCUT2D eigenvalue weighted by Crippen LogP contribution is -2.37. The molecule has 0 N–H and O–H groups in total. The molecule has 1 aliphatic heterocycles. The third-order valence-corrected chi connectivity index (χ3v) is 0.984. The molecule has 2 heteroatoms. The van der Waals surface area contributed by atoms with E-state index in [0.29, 0.717) is 5.78 Å². The van der Waals surface area contributed by atoms with E-state index in [9.17, 15) is 5.11 Å². The summed E-state index contributed by atoms with van der Waals surface area (Å²) in [4.78, 5) is 0. The topological polar surface area (TPSA) is 34.4 Å². The molecule has 0 aromatic heterocycles. The molecule has 1 atom stereocenters. The van der Waals surface area contributed by atoms with E-state index in [1.54, 1.807) is 13.0 Å². The minimum atomic E-state index is -1.30. The smallest absolute Gasteiger partial charge is 0.315 e. The lowest BCUT2D eigenvalue weighted by atomic mass is 10.3. The van der Waals surface area contributed by atoms with Gasteiger partial charge in [-0.15, -0.1) is 0 Å². The molecule has 1 rings (SSSR count). The maximum Gasteiger partial charge on any atom is 0.315 e. The van der Waals surface area contributed by atoms with Gasteiger partial charge in [0.05, 0.1) is 6.92 Å². The van der Waals surface area contributed by atoms with Gasteiger partial charge in [0.1, 0.15) is 0 Å². The van der Waals surface area contributed by atoms with Crippen molar-refractivity contribution in [2.75, 3.05) is 0 Å². The summed E-state index contributed by atoms with van der Waals surface area (Å²) in [5, 5.41) is 10.8. The molecule has 0 aliphatic carbocycles. The molecule has 0 spiro atoms. The third-order valence-electron chi connectivity index (χ3n) is 0.984. The zero-order chi connectivity index (χ0) is 6.20. The van der Waals surface area contributed by atoms with E-state index >= 15 is 0 Å². The van der Waals surface area contributed by atoms with Crippen LogP contribution in [-0.4, -0.2) is 11.6 Å². The summed E-state index contributed by atoms with van der Waals surface area (Å²) in [7, 11) is 0. The average molecular weight is 112 g/mol. The van der Waals surface area contributed by atoms with Crippen LogP contribution in [0.1, 0.15) is 13.8 Å². The Balaban J connectivity index is 2.84. The summed E-state index contributed by atoms with van der Waals surface area (Å²) in [6, 6.07) is 0. The highest BCUT2D eigenvalue weighted by atomic mass is 16.6. The number of carbonyl (C=O) groups excluding carboxylic acids is 1. The quantitative estimate of drug-likeness (QED) is 0.398. The third kappa shape index (κ3) is 0.954. The van der Waals surface area contributed by atoms with Crippen molar-refractivity contribution in [3.8, 4) is 0 Å². The van der Waals surface area contributed by atoms with Crippen LogP contribution in [0.2, 0.25) is 0 Å². The van der Waals surface area contributed by atoms with Crippen molar-refractivity contribution in [1.82, 2.24) is 0 Å². The number of hydrogen-bond donors (Lipinski definition) is 0. The average Bonchev–Trinajstić information content (AvgIpc) is 1.82. The minimum Gasteiger partial charge on any atom is -0.766 e. The van der Waals surface area contributed by atoms with Crippen molar-refractivity contribution in [3.63, 3.8) is 0 Å². The second-order valence-electron chi connectivity index (χ2n) is 2.06. The van der Waals surface area contributed by atoms with Crippen LogP contribution in [0, 0.1) is 0 Å². The van der Waals surface area contributed by atoms with Gasteiger partial charge < -0.3 is 5.11 Å². The fraction of sp³-hybridized carbons (Fsp3) is 0.500. The monoisotopic (exact) mass is 112 g/mol. The first-order chi connectivity index (χ1) is 3.60. The van der Waals surface area contributed by atoms with Gasteiger partial charge in [-0.05, 0) is 0 Å². The van der Waals surface area contributed by atoms with E-state index in [4.69, 9.17) is 4.42 Å². The zero-order valence-corrected chi connectivity index (χ0v) is 4.97. The largest absolute Gasteiger partial charge is 0.766 e. The lowest BCUT2D eigenvalue weighted by molar-refractivity contribution is -0.733. The summed E-state index contributed by atoms with van der Waals surface area (Å²) in [5.74, 6) is -0.605. The maximum absolute atomic E-state index is 10.8. The highest BCUT2D eigenvalue weighted by molar-refractivity contribution is 5.88. The Bertz CT molecular complexity index is 154. The first-order valence-corrected chi connectivity index (χ1v) is 2.52. The summed E-state index contributed by atoms with van der Waals surface area (Å²) in [6.07, 6.45) is 3.19. The van der Waals surface area contributed by atoms with Crippen molar-refractivity contribution in [2.24, 2.45) is 0 Å². The van der Waals surface area contributed by atoms with Gasteiger partial charge >= 0.3 is 5.78 Å². The van der Waals surface area contributed by atoms with Crippen LogP contribution in [0.3, 0.4) is 0 Å². The molecule has 0 radical (unpaired) electrons. The highest BCUT2D eigenvalue weighted by Crippen LogP contribution is 2.04. The van der Waals surface area contributed by atoms with Crippen LogP contribution in [-0.2, 0) is 4.42 Å². The molecule has 0 amide bonds. The van der Waals surface area contributed by atoms with E-state index in [1.165, 1.54) is 13.0 Å². The Morgan fingerprint density at radius 1 is 1.75 bits per heavy atom. The molecule has 0 aromatic rings. The number of rotatable bonds is 0. The molecule has 2 nitrogen and oxygen atoms in total. The fourth-order valence-electron chi connectivity index (χ4n) is 0.656. The molecule has 0 saturated heterocycles. The van der Waals surface area contributed by atoms with Crippen LogP contribution < -0.4 is 5.11 Å². The van der Waals surface area contributed by atoms with Gasteiger partial charge in [-0.25, -0.2) is 0 Å². The van der Waals surface area contributed by atoms with Gasteiger partial charge in [0.15, 0.2) is 0 Å². The molecule has 1 unspecified atom stereocenters. The van der Waals surface area contributed by atoms with Crippen LogP contribution in [0.5, 0.6) is 0 Å². The van der Waals surface area contributed by atoms with Gasteiger partial charge in [0.2, 0.25) is 5.79 Å². The van der Waals surface area contributed by atoms with Crippen molar-refractivity contribution < 1.29 is 9.53 Å². The summed E-state index contributed by atoms with van der Waals surface area (Å²) >= 11 is 0. The summed E-state index contributed by atoms with van der Waals surface area (Å²) in [6.45, 7) is 3.25. The summed E-state index contributed by atoms with van der Waals surface area (Å²) in [5.41, 5.74) is 0. The predicted molar refractivity (Wildman–Crippen MR) is 28.2 cm³/mol. The Morgan fingerprint density at radius 3 is 2.50 bits per heavy atom. The first kappa shape index (κ1) is 5.51. The van der Waals surface area contributed by atoms with Crippen molar-refractivity contribution in [1.29, 1.82) is 0 Å². The van der Waals surface area contributed by atoms with E-state index < -0.39 is 5.79 Å². The van der Waals surface area contributed by atoms with Gasteiger partial charge in [0.25, 0.3) is 0 Å². The highest BCUT2D eigenvalue weighted by Gasteiger charge is 2.22. The Labute approximate surface area is 48.1 Å². The van der Waals surface area contributed by atoms with Crippen molar-refractivity contribution in [2.45, 2.75) is 19.6 Å². The molecular weight excluding hydrogens is 104 g/mol. The minimum absolute atomic E-state index is 0.697. The Hall–Kier alpha value is -0.630. The summed E-state index contributed by atoms with van der Waals surface area (Å²) < 4.78 is 4.80. The van der Waals surface area contributed by atoms with Gasteiger partial charge in [-0.2, -0.15) is 0 Å². The second-order valence-corrected chi connectivity index (χ2v) is 2.06. The van der Waals surface area contributed by atoms with Crippen LogP contribution >= 0.6 is 0 Å². The molecule has 0 saturated carbocycles. The molecular formula is C6H8O2. The number of hydrogen-bond acceptors (Lipinski definition) is 1. The van der Waals surface area contributed by atoms with Gasteiger partial charge in [-0.3, -0.25) is 4.42 Å². The molecule has 44 valence electrons. The molecule has 0 aromatic carbocycles. The predicted octanol–water partition coefficient (Wildman–Crippen LogP) is -0.243. The molecule has 0 bridgehead atoms. The lowest BCUT2D eigenvalue weighted by Gasteiger charge is -2.09. The molecule has 0 fully saturated rings. The Morgan fingerprint density at radius 2 is 2.38 bits per heavy atom. The Kier molecular flexibility index (Phi) is 0.978. The standard InChI is InChI=1S/C6H8O2/c1-5-3-4-6(2,7)8-5/h3-4H,1-2H3. The van der Waals surface area contributed by atoms with E-state index in [2.05, 4.69) is 0 Å². The van der Waals surface area contributed by atoms with Crippen LogP contribution in [0.25, 0.3) is 0 Å². The number of ketones is 1. The van der Waals surface area contributed by atoms with E-state index in [1.807, 2.05) is 0 Å². The van der Waals surface area contributed by atoms with Gasteiger partial charge in [0, 0.05) is 19.1 Å². The molecule has 1 heterocycles. The fourth-order valence-corrected chi connectivity index (χ4v) is 0.656. The maximum atomic E-state index is 10.8. The normalized spacial score (nSPS) is 35.6. The number of allylic oxidation sites excluding steroid dienone is 1. The van der Waals surface area contributed by atoms with Crippen molar-refractivity contribution in [3.05, 3.63) is 12.2 Å². The molecule has 8 heavy (non-hydrogen) atoms. The van der Waals surface area contributed by atoms with E-state index in [0.717, 1.165) is 0 Å². The van der Waals surface area contributed by atoms with Crippen molar-refractivity contribution >= 4 is 5.78 Å². The second kappa shape index (κ2) is 1.42. The SMILES string of the molecule is CC1=[O+]C(C)([O-])C=C1. The van der Waals surface area contributed by atoms with Crippen LogP contribution in [0.4, 0.5) is 0 Å². The van der Waals surface area contributed by atoms with Gasteiger partial charge in [-0.1, -0.05) is 0 Å².